The molecule has 0 bridgehead atoms. The third-order valence-electron chi connectivity index (χ3n) is 1.55. The quantitative estimate of drug-likeness (QED) is 0.660. The van der Waals surface area contributed by atoms with E-state index < -0.39 is 0 Å². The summed E-state index contributed by atoms with van der Waals surface area (Å²) >= 11 is 0. The SMILES string of the molecule is CC(C)COC(=O)c1nccn1C. The van der Waals surface area contributed by atoms with Gasteiger partial charge in [0.2, 0.25) is 5.82 Å². The number of rotatable bonds is 3. The maximum absolute atomic E-state index is 11.3. The van der Waals surface area contributed by atoms with Gasteiger partial charge in [0.05, 0.1) is 6.61 Å². The van der Waals surface area contributed by atoms with Gasteiger partial charge in [-0.25, -0.2) is 9.78 Å². The molecule has 0 aliphatic heterocycles. The number of imidazole rings is 1. The normalized spacial score (nSPS) is 10.5. The molecule has 0 radical (unpaired) electrons. The second-order valence-corrected chi connectivity index (χ2v) is 3.35. The van der Waals surface area contributed by atoms with Crippen molar-refractivity contribution in [2.24, 2.45) is 13.0 Å². The van der Waals surface area contributed by atoms with Gasteiger partial charge in [-0.05, 0) is 5.92 Å². The Labute approximate surface area is 77.5 Å². The third kappa shape index (κ3) is 2.57. The fraction of sp³-hybridized carbons (Fsp3) is 0.556. The van der Waals surface area contributed by atoms with Gasteiger partial charge in [0.25, 0.3) is 0 Å². The molecule has 1 aromatic rings. The van der Waals surface area contributed by atoms with Crippen LogP contribution in [-0.2, 0) is 11.8 Å². The Morgan fingerprint density at radius 3 is 2.85 bits per heavy atom. The van der Waals surface area contributed by atoms with E-state index in [0.717, 1.165) is 0 Å². The van der Waals surface area contributed by atoms with Crippen molar-refractivity contribution in [3.05, 3.63) is 18.2 Å². The lowest BCUT2D eigenvalue weighted by molar-refractivity contribution is 0.0440. The number of hydrogen-bond acceptors (Lipinski definition) is 3. The van der Waals surface area contributed by atoms with E-state index in [1.807, 2.05) is 13.8 Å². The Balaban J connectivity index is 2.54. The minimum absolute atomic E-state index is 0.348. The summed E-state index contributed by atoms with van der Waals surface area (Å²) in [5.74, 6) is 0.339. The molecule has 0 spiro atoms. The molecule has 0 fully saturated rings. The lowest BCUT2D eigenvalue weighted by atomic mass is 10.2. The zero-order valence-electron chi connectivity index (χ0n) is 8.15. The fourth-order valence-corrected chi connectivity index (χ4v) is 0.869. The molecule has 0 aliphatic rings. The summed E-state index contributed by atoms with van der Waals surface area (Å²) in [5.41, 5.74) is 0. The first-order valence-corrected chi connectivity index (χ1v) is 4.25. The zero-order valence-corrected chi connectivity index (χ0v) is 8.15. The maximum Gasteiger partial charge on any atom is 0.374 e. The largest absolute Gasteiger partial charge is 0.460 e. The number of aromatic nitrogens is 2. The van der Waals surface area contributed by atoms with Gasteiger partial charge in [0.1, 0.15) is 0 Å². The number of aryl methyl sites for hydroxylation is 1. The smallest absolute Gasteiger partial charge is 0.374 e. The predicted molar refractivity (Wildman–Crippen MR) is 48.3 cm³/mol. The van der Waals surface area contributed by atoms with Crippen LogP contribution in [0.1, 0.15) is 24.5 Å². The fourth-order valence-electron chi connectivity index (χ4n) is 0.869. The summed E-state index contributed by atoms with van der Waals surface area (Å²) in [5, 5.41) is 0. The molecule has 0 aliphatic carbocycles. The summed E-state index contributed by atoms with van der Waals surface area (Å²) in [7, 11) is 1.76. The van der Waals surface area contributed by atoms with Gasteiger partial charge in [-0.1, -0.05) is 13.8 Å². The van der Waals surface area contributed by atoms with Gasteiger partial charge in [-0.2, -0.15) is 0 Å². The third-order valence-corrected chi connectivity index (χ3v) is 1.55. The number of hydrogen-bond donors (Lipinski definition) is 0. The van der Waals surface area contributed by atoms with Crippen molar-refractivity contribution >= 4 is 5.97 Å². The van der Waals surface area contributed by atoms with Crippen molar-refractivity contribution in [1.29, 1.82) is 0 Å². The van der Waals surface area contributed by atoms with E-state index in [4.69, 9.17) is 4.74 Å². The van der Waals surface area contributed by atoms with Crippen molar-refractivity contribution in [3.8, 4) is 0 Å². The average Bonchev–Trinajstić information content (AvgIpc) is 2.47. The highest BCUT2D eigenvalue weighted by atomic mass is 16.5. The van der Waals surface area contributed by atoms with Gasteiger partial charge >= 0.3 is 5.97 Å². The number of esters is 1. The van der Waals surface area contributed by atoms with Gasteiger partial charge in [-0.15, -0.1) is 0 Å². The van der Waals surface area contributed by atoms with E-state index in [1.54, 1.807) is 24.0 Å². The minimum atomic E-state index is -0.360. The van der Waals surface area contributed by atoms with Crippen LogP contribution in [-0.4, -0.2) is 22.1 Å². The first kappa shape index (κ1) is 9.77. The average molecular weight is 182 g/mol. The van der Waals surface area contributed by atoms with E-state index in [9.17, 15) is 4.79 Å². The Hall–Kier alpha value is -1.32. The monoisotopic (exact) mass is 182 g/mol. The Bertz CT molecular complexity index is 292. The predicted octanol–water partition coefficient (Wildman–Crippen LogP) is 1.23. The van der Waals surface area contributed by atoms with Gasteiger partial charge in [0.15, 0.2) is 0 Å². The highest BCUT2D eigenvalue weighted by Crippen LogP contribution is 2.00. The Kier molecular flexibility index (Phi) is 3.06. The van der Waals surface area contributed by atoms with Gasteiger partial charge in [-0.3, -0.25) is 0 Å². The lowest BCUT2D eigenvalue weighted by Gasteiger charge is -2.06. The van der Waals surface area contributed by atoms with E-state index in [1.165, 1.54) is 0 Å². The molecule has 13 heavy (non-hydrogen) atoms. The van der Waals surface area contributed by atoms with Crippen LogP contribution in [0, 0.1) is 5.92 Å². The number of carbonyl (C=O) groups is 1. The van der Waals surface area contributed by atoms with E-state index in [-0.39, 0.29) is 5.97 Å². The van der Waals surface area contributed by atoms with Crippen LogP contribution in [0.5, 0.6) is 0 Å². The molecule has 0 amide bonds. The van der Waals surface area contributed by atoms with Crippen LogP contribution < -0.4 is 0 Å². The summed E-state index contributed by atoms with van der Waals surface area (Å²) in [6.45, 7) is 4.42. The Morgan fingerprint density at radius 1 is 1.69 bits per heavy atom. The van der Waals surface area contributed by atoms with Gasteiger partial charge < -0.3 is 9.30 Å². The molecule has 4 nitrogen and oxygen atoms in total. The number of ether oxygens (including phenoxy) is 1. The Morgan fingerprint density at radius 2 is 2.38 bits per heavy atom. The molecule has 0 N–H and O–H groups in total. The maximum atomic E-state index is 11.3. The van der Waals surface area contributed by atoms with Crippen LogP contribution in [0.4, 0.5) is 0 Å². The molecule has 1 aromatic heterocycles. The first-order chi connectivity index (χ1) is 6.11. The molecule has 72 valence electrons. The topological polar surface area (TPSA) is 44.1 Å². The molecule has 0 aromatic carbocycles. The van der Waals surface area contributed by atoms with Crippen LogP contribution in [0.15, 0.2) is 12.4 Å². The molecule has 1 heterocycles. The summed E-state index contributed by atoms with van der Waals surface area (Å²) < 4.78 is 6.65. The highest BCUT2D eigenvalue weighted by molar-refractivity contribution is 5.85. The molecule has 0 saturated carbocycles. The molecular weight excluding hydrogens is 168 g/mol. The second kappa shape index (κ2) is 4.07. The highest BCUT2D eigenvalue weighted by Gasteiger charge is 2.12. The van der Waals surface area contributed by atoms with Crippen molar-refractivity contribution in [3.63, 3.8) is 0 Å². The summed E-state index contributed by atoms with van der Waals surface area (Å²) in [4.78, 5) is 15.2. The minimum Gasteiger partial charge on any atom is -0.460 e. The molecule has 0 unspecified atom stereocenters. The first-order valence-electron chi connectivity index (χ1n) is 4.25. The van der Waals surface area contributed by atoms with E-state index in [0.29, 0.717) is 18.3 Å². The molecule has 0 saturated heterocycles. The number of carbonyl (C=O) groups excluding carboxylic acids is 1. The van der Waals surface area contributed by atoms with Crippen molar-refractivity contribution in [2.45, 2.75) is 13.8 Å². The van der Waals surface area contributed by atoms with Crippen LogP contribution >= 0.6 is 0 Å². The zero-order chi connectivity index (χ0) is 9.84. The molecule has 1 rings (SSSR count). The van der Waals surface area contributed by atoms with Crippen molar-refractivity contribution < 1.29 is 9.53 Å². The second-order valence-electron chi connectivity index (χ2n) is 3.35. The standard InChI is InChI=1S/C9H14N2O2/c1-7(2)6-13-9(12)8-10-4-5-11(8)3/h4-5,7H,6H2,1-3H3. The van der Waals surface area contributed by atoms with Crippen molar-refractivity contribution in [2.75, 3.05) is 6.61 Å². The molecular formula is C9H14N2O2. The number of nitrogens with zero attached hydrogens (tertiary/aromatic N) is 2. The van der Waals surface area contributed by atoms with Crippen LogP contribution in [0.3, 0.4) is 0 Å². The van der Waals surface area contributed by atoms with Crippen molar-refractivity contribution in [1.82, 2.24) is 9.55 Å². The summed E-state index contributed by atoms with van der Waals surface area (Å²) in [6, 6.07) is 0. The van der Waals surface area contributed by atoms with Gasteiger partial charge in [0, 0.05) is 19.4 Å². The van der Waals surface area contributed by atoms with E-state index >= 15 is 0 Å². The molecule has 4 heteroatoms. The lowest BCUT2D eigenvalue weighted by Crippen LogP contribution is -2.14. The van der Waals surface area contributed by atoms with Crippen LogP contribution in [0.2, 0.25) is 0 Å². The summed E-state index contributed by atoms with van der Waals surface area (Å²) in [6.07, 6.45) is 3.29. The van der Waals surface area contributed by atoms with Crippen LogP contribution in [0.25, 0.3) is 0 Å². The van der Waals surface area contributed by atoms with E-state index in [2.05, 4.69) is 4.98 Å². The molecule has 0 atom stereocenters.